The first-order valence-corrected chi connectivity index (χ1v) is 10.9. The van der Waals surface area contributed by atoms with E-state index < -0.39 is 0 Å². The van der Waals surface area contributed by atoms with Crippen molar-refractivity contribution in [2.75, 3.05) is 53.6 Å². The minimum absolute atomic E-state index is 0.0206. The second-order valence-electron chi connectivity index (χ2n) is 8.27. The van der Waals surface area contributed by atoms with E-state index in [0.29, 0.717) is 44.9 Å². The largest absolute Gasteiger partial charge is 0.383 e. The van der Waals surface area contributed by atoms with Gasteiger partial charge in [0.05, 0.1) is 11.5 Å². The molecule has 2 aromatic carbocycles. The predicted molar refractivity (Wildman–Crippen MR) is 121 cm³/mol. The number of halogens is 1. The molecule has 0 spiro atoms. The molecule has 1 aliphatic heterocycles. The summed E-state index contributed by atoms with van der Waals surface area (Å²) < 4.78 is 24.2. The van der Waals surface area contributed by atoms with Gasteiger partial charge in [0.25, 0.3) is 5.69 Å². The summed E-state index contributed by atoms with van der Waals surface area (Å²) in [5.74, 6) is -0.448. The highest BCUT2D eigenvalue weighted by molar-refractivity contribution is 5.77. The number of amides is 1. The minimum Gasteiger partial charge on any atom is -0.383 e. The summed E-state index contributed by atoms with van der Waals surface area (Å²) in [5.41, 5.74) is 1.57. The van der Waals surface area contributed by atoms with Gasteiger partial charge in [0.1, 0.15) is 12.4 Å². The van der Waals surface area contributed by atoms with Crippen LogP contribution in [-0.4, -0.2) is 74.2 Å². The summed E-state index contributed by atoms with van der Waals surface area (Å²) in [5, 5.41) is 11.4. The van der Waals surface area contributed by atoms with Crippen LogP contribution in [0.4, 0.5) is 10.1 Å². The van der Waals surface area contributed by atoms with E-state index in [1.54, 1.807) is 36.3 Å². The number of likely N-dealkylation sites (tertiary alicyclic amines) is 1. The van der Waals surface area contributed by atoms with Crippen LogP contribution in [-0.2, 0) is 20.8 Å². The Morgan fingerprint density at radius 3 is 2.67 bits per heavy atom. The Balaban J connectivity index is 1.84. The third-order valence-corrected chi connectivity index (χ3v) is 6.02. The normalized spacial score (nSPS) is 18.4. The summed E-state index contributed by atoms with van der Waals surface area (Å²) in [4.78, 5) is 27.6. The van der Waals surface area contributed by atoms with Crippen molar-refractivity contribution in [3.05, 3.63) is 75.6 Å². The third-order valence-electron chi connectivity index (χ3n) is 6.02. The van der Waals surface area contributed by atoms with Gasteiger partial charge < -0.3 is 14.4 Å². The highest BCUT2D eigenvalue weighted by Gasteiger charge is 2.36. The first kappa shape index (κ1) is 24.8. The average molecular weight is 460 g/mol. The highest BCUT2D eigenvalue weighted by atomic mass is 19.1. The third kappa shape index (κ3) is 6.56. The highest BCUT2D eigenvalue weighted by Crippen LogP contribution is 2.35. The number of ether oxygens (including phenoxy) is 2. The molecule has 0 radical (unpaired) electrons. The van der Waals surface area contributed by atoms with E-state index in [1.165, 1.54) is 25.3 Å². The minimum atomic E-state index is -0.372. The van der Waals surface area contributed by atoms with E-state index >= 15 is 0 Å². The van der Waals surface area contributed by atoms with Crippen LogP contribution in [0.25, 0.3) is 0 Å². The van der Waals surface area contributed by atoms with Gasteiger partial charge in [-0.15, -0.1) is 0 Å². The lowest BCUT2D eigenvalue weighted by atomic mass is 9.88. The number of para-hydroxylation sites is 1. The predicted octanol–water partition coefficient (Wildman–Crippen LogP) is 3.07. The molecule has 2 unspecified atom stereocenters. The van der Waals surface area contributed by atoms with Crippen molar-refractivity contribution in [3.63, 3.8) is 0 Å². The fourth-order valence-corrected chi connectivity index (χ4v) is 4.47. The lowest BCUT2D eigenvalue weighted by Gasteiger charge is -2.28. The van der Waals surface area contributed by atoms with Crippen molar-refractivity contribution >= 4 is 11.6 Å². The van der Waals surface area contributed by atoms with Crippen LogP contribution >= 0.6 is 0 Å². The number of hydrogen-bond acceptors (Lipinski definition) is 6. The lowest BCUT2D eigenvalue weighted by molar-refractivity contribution is -0.385. The molecule has 1 aliphatic rings. The topological polar surface area (TPSA) is 85.1 Å². The molecule has 0 saturated carbocycles. The number of methoxy groups -OCH3 is 2. The molecular formula is C24H30FN3O5. The van der Waals surface area contributed by atoms with E-state index in [0.717, 1.165) is 5.56 Å². The number of rotatable bonds is 11. The van der Waals surface area contributed by atoms with Gasteiger partial charge >= 0.3 is 0 Å². The van der Waals surface area contributed by atoms with Gasteiger partial charge in [-0.3, -0.25) is 19.8 Å². The van der Waals surface area contributed by atoms with Crippen LogP contribution in [0.2, 0.25) is 0 Å². The molecule has 1 fully saturated rings. The standard InChI is InChI=1S/C24H30FN3O5/c1-32-11-10-27(24(29)17-33-2)15-20-14-26(13-19-6-3-4-9-23(19)28(30)31)16-22(20)18-7-5-8-21(25)12-18/h3-9,12,20,22H,10-11,13-17H2,1-2H3. The van der Waals surface area contributed by atoms with Crippen LogP contribution in [0.3, 0.4) is 0 Å². The molecule has 2 atom stereocenters. The Hall–Kier alpha value is -2.88. The van der Waals surface area contributed by atoms with Crippen LogP contribution in [0.1, 0.15) is 17.0 Å². The van der Waals surface area contributed by atoms with Gasteiger partial charge in [-0.05, 0) is 23.6 Å². The van der Waals surface area contributed by atoms with Gasteiger partial charge in [-0.1, -0.05) is 30.3 Å². The zero-order chi connectivity index (χ0) is 23.8. The lowest BCUT2D eigenvalue weighted by Crippen LogP contribution is -2.41. The fourth-order valence-electron chi connectivity index (χ4n) is 4.47. The zero-order valence-electron chi connectivity index (χ0n) is 19.0. The van der Waals surface area contributed by atoms with Crippen LogP contribution in [0.5, 0.6) is 0 Å². The average Bonchev–Trinajstić information content (AvgIpc) is 3.19. The number of nitro benzene ring substituents is 1. The number of carbonyl (C=O) groups excluding carboxylic acids is 1. The maximum atomic E-state index is 14.0. The Bertz CT molecular complexity index is 957. The molecule has 2 aromatic rings. The van der Waals surface area contributed by atoms with Crippen molar-refractivity contribution in [3.8, 4) is 0 Å². The Kier molecular flexibility index (Phi) is 8.87. The van der Waals surface area contributed by atoms with E-state index in [1.807, 2.05) is 6.07 Å². The van der Waals surface area contributed by atoms with Crippen LogP contribution in [0.15, 0.2) is 48.5 Å². The van der Waals surface area contributed by atoms with E-state index in [-0.39, 0.29) is 40.8 Å². The van der Waals surface area contributed by atoms with Crippen LogP contribution in [0, 0.1) is 21.8 Å². The maximum absolute atomic E-state index is 14.0. The van der Waals surface area contributed by atoms with Gasteiger partial charge in [0, 0.05) is 64.5 Å². The maximum Gasteiger partial charge on any atom is 0.273 e. The summed E-state index contributed by atoms with van der Waals surface area (Å²) in [6.45, 7) is 2.89. The first-order valence-electron chi connectivity index (χ1n) is 10.9. The molecule has 3 rings (SSSR count). The van der Waals surface area contributed by atoms with Crippen LogP contribution < -0.4 is 0 Å². The van der Waals surface area contributed by atoms with E-state index in [9.17, 15) is 19.3 Å². The number of benzene rings is 2. The summed E-state index contributed by atoms with van der Waals surface area (Å²) in [6.07, 6.45) is 0. The molecule has 0 aliphatic carbocycles. The number of carbonyl (C=O) groups is 1. The molecule has 1 amide bonds. The smallest absolute Gasteiger partial charge is 0.273 e. The monoisotopic (exact) mass is 459 g/mol. The fraction of sp³-hybridized carbons (Fsp3) is 0.458. The summed E-state index contributed by atoms with van der Waals surface area (Å²) in [6, 6.07) is 13.2. The zero-order valence-corrected chi connectivity index (χ0v) is 19.0. The Morgan fingerprint density at radius 1 is 1.18 bits per heavy atom. The number of nitrogens with zero attached hydrogens (tertiary/aromatic N) is 3. The van der Waals surface area contributed by atoms with Gasteiger partial charge in [-0.2, -0.15) is 0 Å². The first-order chi connectivity index (χ1) is 15.9. The summed E-state index contributed by atoms with van der Waals surface area (Å²) >= 11 is 0. The molecular weight excluding hydrogens is 429 g/mol. The van der Waals surface area contributed by atoms with E-state index in [2.05, 4.69) is 4.90 Å². The second kappa shape index (κ2) is 11.8. The second-order valence-corrected chi connectivity index (χ2v) is 8.27. The SMILES string of the molecule is COCCN(CC1CN(Cc2ccccc2[N+](=O)[O-])CC1c1cccc(F)c1)C(=O)COC. The van der Waals surface area contributed by atoms with Crippen molar-refractivity contribution in [1.82, 2.24) is 9.80 Å². The number of hydrogen-bond donors (Lipinski definition) is 0. The molecule has 178 valence electrons. The van der Waals surface area contributed by atoms with Gasteiger partial charge in [-0.25, -0.2) is 4.39 Å². The van der Waals surface area contributed by atoms with Crippen molar-refractivity contribution in [2.24, 2.45) is 5.92 Å². The molecule has 0 aromatic heterocycles. The quantitative estimate of drug-likeness (QED) is 0.379. The Morgan fingerprint density at radius 2 is 1.97 bits per heavy atom. The molecule has 8 nitrogen and oxygen atoms in total. The number of nitro groups is 1. The molecule has 33 heavy (non-hydrogen) atoms. The van der Waals surface area contributed by atoms with Gasteiger partial charge in [0.15, 0.2) is 0 Å². The van der Waals surface area contributed by atoms with E-state index in [4.69, 9.17) is 9.47 Å². The van der Waals surface area contributed by atoms with Crippen molar-refractivity contribution in [1.29, 1.82) is 0 Å². The molecule has 0 N–H and O–H groups in total. The Labute approximate surface area is 193 Å². The molecule has 1 saturated heterocycles. The van der Waals surface area contributed by atoms with Crippen molar-refractivity contribution in [2.45, 2.75) is 12.5 Å². The molecule has 0 bridgehead atoms. The van der Waals surface area contributed by atoms with Crippen molar-refractivity contribution < 1.29 is 23.6 Å². The molecule has 1 heterocycles. The molecule has 9 heteroatoms. The summed E-state index contributed by atoms with van der Waals surface area (Å²) in [7, 11) is 3.06. The van der Waals surface area contributed by atoms with Gasteiger partial charge in [0.2, 0.25) is 5.91 Å².